The molecule has 0 radical (unpaired) electrons. The molecule has 64 heavy (non-hydrogen) atoms. The van der Waals surface area contributed by atoms with Crippen LogP contribution in [-0.2, 0) is 20.9 Å². The van der Waals surface area contributed by atoms with Crippen molar-refractivity contribution >= 4 is 76.0 Å². The second kappa shape index (κ2) is 22.2. The summed E-state index contributed by atoms with van der Waals surface area (Å²) in [4.78, 5) is 66.7. The van der Waals surface area contributed by atoms with Crippen LogP contribution in [-0.4, -0.2) is 130 Å². The first-order valence-corrected chi connectivity index (χ1v) is 23.9. The third-order valence-electron chi connectivity index (χ3n) is 12.4. The number of aromatic nitrogens is 2. The molecule has 348 valence electrons. The van der Waals surface area contributed by atoms with E-state index in [4.69, 9.17) is 27.9 Å². The lowest BCUT2D eigenvalue weighted by molar-refractivity contribution is -0.143. The van der Waals surface area contributed by atoms with Gasteiger partial charge in [-0.05, 0) is 107 Å². The number of methoxy groups -OCH3 is 1. The fourth-order valence-corrected chi connectivity index (χ4v) is 9.76. The van der Waals surface area contributed by atoms with Crippen LogP contribution in [0, 0.1) is 5.92 Å². The van der Waals surface area contributed by atoms with Gasteiger partial charge in [0.05, 0.1) is 19.0 Å². The number of hydrogen-bond acceptors (Lipinski definition) is 11. The van der Waals surface area contributed by atoms with Crippen LogP contribution in [0.4, 0.5) is 21.8 Å². The topological polar surface area (TPSA) is 161 Å². The van der Waals surface area contributed by atoms with Gasteiger partial charge in [0.15, 0.2) is 5.67 Å². The highest BCUT2D eigenvalue weighted by Crippen LogP contribution is 2.41. The Morgan fingerprint density at radius 3 is 2.33 bits per heavy atom. The minimum Gasteiger partial charge on any atom is -0.495 e. The van der Waals surface area contributed by atoms with E-state index >= 15 is 0 Å². The SMILES string of the molecule is CC(C)(SCC1CCCCC1)C(NC(=O)C1(F)CC1)C(=O)N1CCCC1C(=O)NCc1ccc(Cl)cc1.CNc1nc(Nc2ccc(C(=O)N3CCN(C)CC3)cc2OC)ncc1Cl. The molecule has 0 spiro atoms. The first-order valence-electron chi connectivity index (χ1n) is 22.2. The van der Waals surface area contributed by atoms with E-state index in [-0.39, 0.29) is 30.6 Å². The Morgan fingerprint density at radius 1 is 0.969 bits per heavy atom. The maximum atomic E-state index is 14.6. The molecule has 1 aromatic heterocycles. The van der Waals surface area contributed by atoms with Gasteiger partial charge in [-0.3, -0.25) is 19.2 Å². The van der Waals surface area contributed by atoms with Gasteiger partial charge in [-0.25, -0.2) is 9.37 Å². The smallest absolute Gasteiger partial charge is 0.258 e. The summed E-state index contributed by atoms with van der Waals surface area (Å²) >= 11 is 13.6. The van der Waals surface area contributed by atoms with Gasteiger partial charge >= 0.3 is 0 Å². The van der Waals surface area contributed by atoms with E-state index in [1.165, 1.54) is 38.3 Å². The molecule has 3 aromatic rings. The zero-order chi connectivity index (χ0) is 46.0. The molecule has 4 aliphatic rings. The number of carbonyl (C=O) groups is 4. The number of alkyl halides is 1. The lowest BCUT2D eigenvalue weighted by Crippen LogP contribution is -2.61. The van der Waals surface area contributed by atoms with Gasteiger partial charge in [0.1, 0.15) is 28.7 Å². The second-order valence-electron chi connectivity index (χ2n) is 17.6. The van der Waals surface area contributed by atoms with Gasteiger partial charge in [0, 0.05) is 61.6 Å². The van der Waals surface area contributed by atoms with Crippen molar-refractivity contribution in [2.24, 2.45) is 5.92 Å². The van der Waals surface area contributed by atoms with Crippen LogP contribution in [0.15, 0.2) is 48.7 Å². The molecule has 3 heterocycles. The lowest BCUT2D eigenvalue weighted by Gasteiger charge is -2.38. The fourth-order valence-electron chi connectivity index (χ4n) is 8.12. The van der Waals surface area contributed by atoms with Crippen molar-refractivity contribution in [3.63, 3.8) is 0 Å². The van der Waals surface area contributed by atoms with Crippen molar-refractivity contribution in [3.8, 4) is 5.75 Å². The highest BCUT2D eigenvalue weighted by Gasteiger charge is 2.53. The number of nitrogens with one attached hydrogen (secondary N) is 4. The molecule has 4 N–H and O–H groups in total. The second-order valence-corrected chi connectivity index (χ2v) is 20.1. The Hall–Kier alpha value is -4.38. The highest BCUT2D eigenvalue weighted by atomic mass is 35.5. The number of benzene rings is 2. The number of ether oxygens (including phenoxy) is 1. The number of amides is 4. The zero-order valence-electron chi connectivity index (χ0n) is 37.5. The molecule has 2 unspecified atom stereocenters. The number of anilines is 3. The van der Waals surface area contributed by atoms with E-state index in [9.17, 15) is 23.6 Å². The van der Waals surface area contributed by atoms with Gasteiger partial charge in [0.25, 0.3) is 11.8 Å². The predicted molar refractivity (Wildman–Crippen MR) is 252 cm³/mol. The maximum Gasteiger partial charge on any atom is 0.258 e. The number of likely N-dealkylation sites (N-methyl/N-ethyl adjacent to an activating group) is 1. The number of rotatable bonds is 15. The molecule has 2 saturated carbocycles. The number of hydrogen-bond donors (Lipinski definition) is 4. The monoisotopic (exact) mass is 941 g/mol. The van der Waals surface area contributed by atoms with Crippen molar-refractivity contribution in [2.75, 3.05) is 70.3 Å². The van der Waals surface area contributed by atoms with Gasteiger partial charge in [-0.1, -0.05) is 54.6 Å². The van der Waals surface area contributed by atoms with E-state index in [0.717, 1.165) is 37.5 Å². The Kier molecular flexibility index (Phi) is 17.0. The Morgan fingerprint density at radius 2 is 1.67 bits per heavy atom. The van der Waals surface area contributed by atoms with Crippen LogP contribution >= 0.6 is 35.0 Å². The number of piperazine rings is 1. The Balaban J connectivity index is 0.000000223. The van der Waals surface area contributed by atoms with Gasteiger partial charge in [-0.15, -0.1) is 0 Å². The molecule has 0 bridgehead atoms. The molecule has 14 nitrogen and oxygen atoms in total. The molecule has 2 aromatic carbocycles. The summed E-state index contributed by atoms with van der Waals surface area (Å²) in [5.74, 6) is 1.71. The summed E-state index contributed by atoms with van der Waals surface area (Å²) in [7, 11) is 5.35. The standard InChI is InChI=1S/C28H39ClFN3O3S.C18H23ClN6O2/c1-27(2,37-18-20-7-4-3-5-8-20)23(32-26(36)28(30)14-15-28)25(35)33-16-6-9-22(33)24(34)31-17-19-10-12-21(29)13-11-19;1-20-16-13(19)11-21-18(23-16)22-14-5-4-12(10-15(14)27-3)17(26)25-8-6-24(2)7-9-25/h10-13,20,22-23H,3-9,14-18H2,1-2H3,(H,31,34)(H,32,36);4-5,10-11H,6-9H2,1-3H3,(H2,20,21,22,23). The van der Waals surface area contributed by atoms with E-state index in [1.807, 2.05) is 30.9 Å². The molecule has 2 atom stereocenters. The van der Waals surface area contributed by atoms with Crippen molar-refractivity contribution < 1.29 is 28.3 Å². The number of thioether (sulfide) groups is 1. The van der Waals surface area contributed by atoms with E-state index in [0.29, 0.717) is 70.7 Å². The van der Waals surface area contributed by atoms with E-state index in [1.54, 1.807) is 61.2 Å². The third-order valence-corrected chi connectivity index (χ3v) is 14.6. The molecule has 7 rings (SSSR count). The number of carbonyl (C=O) groups excluding carboxylic acids is 4. The summed E-state index contributed by atoms with van der Waals surface area (Å²) in [6.45, 7) is 7.89. The van der Waals surface area contributed by atoms with Gasteiger partial charge in [0.2, 0.25) is 17.8 Å². The quantitative estimate of drug-likeness (QED) is 0.121. The van der Waals surface area contributed by atoms with E-state index < -0.39 is 28.4 Å². The summed E-state index contributed by atoms with van der Waals surface area (Å²) in [5.41, 5.74) is 0.298. The summed E-state index contributed by atoms with van der Waals surface area (Å²) in [5, 5.41) is 12.8. The molecule has 4 amide bonds. The molecular weight excluding hydrogens is 881 g/mol. The molecule has 4 fully saturated rings. The highest BCUT2D eigenvalue weighted by molar-refractivity contribution is 8.00. The minimum atomic E-state index is -1.87. The molecule has 2 saturated heterocycles. The minimum absolute atomic E-state index is 0.00756. The van der Waals surface area contributed by atoms with Crippen molar-refractivity contribution in [1.82, 2.24) is 35.3 Å². The summed E-state index contributed by atoms with van der Waals surface area (Å²) < 4.78 is 19.4. The maximum absolute atomic E-state index is 14.6. The fraction of sp³-hybridized carbons (Fsp3) is 0.565. The largest absolute Gasteiger partial charge is 0.495 e. The van der Waals surface area contributed by atoms with Crippen molar-refractivity contribution in [1.29, 1.82) is 0 Å². The zero-order valence-corrected chi connectivity index (χ0v) is 39.8. The van der Waals surface area contributed by atoms with Crippen LogP contribution < -0.4 is 26.0 Å². The normalized spacial score (nSPS) is 19.2. The first-order chi connectivity index (χ1) is 30.6. The number of halogens is 3. The molecule has 2 aliphatic carbocycles. The van der Waals surface area contributed by atoms with Gasteiger partial charge in [-0.2, -0.15) is 16.7 Å². The van der Waals surface area contributed by atoms with Crippen molar-refractivity contribution in [2.45, 2.75) is 101 Å². The van der Waals surface area contributed by atoms with Crippen LogP contribution in [0.3, 0.4) is 0 Å². The summed E-state index contributed by atoms with van der Waals surface area (Å²) in [6.07, 6.45) is 9.26. The average Bonchev–Trinajstić information content (AvgIpc) is 3.86. The van der Waals surface area contributed by atoms with Crippen LogP contribution in [0.1, 0.15) is 87.6 Å². The van der Waals surface area contributed by atoms with Crippen LogP contribution in [0.5, 0.6) is 5.75 Å². The van der Waals surface area contributed by atoms with Crippen LogP contribution in [0.25, 0.3) is 0 Å². The summed E-state index contributed by atoms with van der Waals surface area (Å²) in [6, 6.07) is 11.0. The lowest BCUT2D eigenvalue weighted by atomic mass is 9.91. The Labute approximate surface area is 390 Å². The van der Waals surface area contributed by atoms with Gasteiger partial charge < -0.3 is 40.7 Å². The number of nitrogens with zero attached hydrogens (tertiary/aromatic N) is 5. The average molecular weight is 943 g/mol. The predicted octanol–water partition coefficient (Wildman–Crippen LogP) is 7.34. The molecule has 2 aliphatic heterocycles. The number of likely N-dealkylation sites (tertiary alicyclic amines) is 1. The Bertz CT molecular complexity index is 2100. The van der Waals surface area contributed by atoms with Crippen LogP contribution in [0.2, 0.25) is 10.0 Å². The molecule has 18 heteroatoms. The van der Waals surface area contributed by atoms with Crippen molar-refractivity contribution in [3.05, 3.63) is 69.8 Å². The molecular formula is C46H62Cl2FN9O5S. The first kappa shape index (κ1) is 49.1. The third kappa shape index (κ3) is 12.9. The van der Waals surface area contributed by atoms with E-state index in [2.05, 4.69) is 43.2 Å².